The molecule has 5 rings (SSSR count). The first-order valence-electron chi connectivity index (χ1n) is 9.47. The second kappa shape index (κ2) is 6.75. The summed E-state index contributed by atoms with van der Waals surface area (Å²) in [6, 6.07) is 7.65. The molecule has 0 bridgehead atoms. The summed E-state index contributed by atoms with van der Waals surface area (Å²) in [5.74, 6) is 0.642. The highest BCUT2D eigenvalue weighted by Crippen LogP contribution is 2.39. The van der Waals surface area contributed by atoms with Crippen LogP contribution in [0.3, 0.4) is 0 Å². The molecule has 0 spiro atoms. The second-order valence-electron chi connectivity index (χ2n) is 7.50. The third kappa shape index (κ3) is 2.78. The predicted molar refractivity (Wildman–Crippen MR) is 114 cm³/mol. The van der Waals surface area contributed by atoms with Crippen LogP contribution in [-0.2, 0) is 0 Å². The number of nitrogens with one attached hydrogen (secondary N) is 2. The van der Waals surface area contributed by atoms with Gasteiger partial charge >= 0.3 is 0 Å². The van der Waals surface area contributed by atoms with Crippen molar-refractivity contribution >= 4 is 39.2 Å². The lowest BCUT2D eigenvalue weighted by Crippen LogP contribution is -2.33. The fraction of sp³-hybridized carbons (Fsp3) is 0.238. The van der Waals surface area contributed by atoms with Gasteiger partial charge in [-0.2, -0.15) is 10.4 Å². The van der Waals surface area contributed by atoms with Crippen molar-refractivity contribution in [3.05, 3.63) is 45.5 Å². The van der Waals surface area contributed by atoms with Gasteiger partial charge in [-0.3, -0.25) is 9.89 Å². The number of aromatic amines is 2. The van der Waals surface area contributed by atoms with Crippen LogP contribution >= 0.6 is 11.6 Å². The van der Waals surface area contributed by atoms with Crippen LogP contribution in [0.2, 0.25) is 5.02 Å². The van der Waals surface area contributed by atoms with E-state index in [4.69, 9.17) is 27.3 Å². The molecule has 30 heavy (non-hydrogen) atoms. The predicted octanol–water partition coefficient (Wildman–Crippen LogP) is 3.69. The number of nitrogens with zero attached hydrogens (tertiary/aromatic N) is 3. The minimum Gasteiger partial charge on any atom is -0.488 e. The molecular weight excluding hydrogens is 404 g/mol. The third-order valence-electron chi connectivity index (χ3n) is 5.59. The first kappa shape index (κ1) is 18.5. The number of halogens is 1. The molecule has 3 heterocycles. The minimum absolute atomic E-state index is 0.0210. The number of benzene rings is 1. The molecule has 8 nitrogen and oxygen atoms in total. The molecule has 1 saturated carbocycles. The Morgan fingerprint density at radius 3 is 2.90 bits per heavy atom. The van der Waals surface area contributed by atoms with E-state index in [0.29, 0.717) is 51.4 Å². The average Bonchev–Trinajstić information content (AvgIpc) is 3.18. The molecule has 0 radical (unpaired) electrons. The Hall–Kier alpha value is -3.57. The standard InChI is InChI=1S/C21H17ClN6O2/c1-9-16(30-11-4-10(5-11)7-23)6-13-17(18(24)21(29)27-20(13)26-9)12-2-3-15(22)19-14(12)8-25-28-19/h2-3,6,8,10-11H,4-5,24H2,1H3,(H,25,28)(H,26,27,29). The van der Waals surface area contributed by atoms with E-state index in [-0.39, 0.29) is 17.7 Å². The van der Waals surface area contributed by atoms with Gasteiger partial charge in [-0.05, 0) is 24.6 Å². The van der Waals surface area contributed by atoms with Crippen LogP contribution in [0.15, 0.2) is 29.2 Å². The van der Waals surface area contributed by atoms with Crippen molar-refractivity contribution in [2.45, 2.75) is 25.9 Å². The van der Waals surface area contributed by atoms with E-state index in [0.717, 1.165) is 10.9 Å². The van der Waals surface area contributed by atoms with Crippen molar-refractivity contribution in [1.29, 1.82) is 5.26 Å². The molecule has 4 N–H and O–H groups in total. The lowest BCUT2D eigenvalue weighted by atomic mass is 9.83. The van der Waals surface area contributed by atoms with E-state index >= 15 is 0 Å². The Labute approximate surface area is 175 Å². The van der Waals surface area contributed by atoms with Gasteiger partial charge in [0.1, 0.15) is 23.2 Å². The van der Waals surface area contributed by atoms with Gasteiger partial charge in [-0.15, -0.1) is 0 Å². The summed E-state index contributed by atoms with van der Waals surface area (Å²) in [5, 5.41) is 17.9. The number of nitriles is 1. The fourth-order valence-electron chi connectivity index (χ4n) is 3.88. The van der Waals surface area contributed by atoms with E-state index in [9.17, 15) is 4.79 Å². The molecule has 0 aliphatic heterocycles. The molecule has 0 unspecified atom stereocenters. The van der Waals surface area contributed by atoms with Crippen LogP contribution in [0.1, 0.15) is 18.5 Å². The number of fused-ring (bicyclic) bond motifs is 2. The number of rotatable bonds is 3. The smallest absolute Gasteiger partial charge is 0.273 e. The Morgan fingerprint density at radius 2 is 2.13 bits per heavy atom. The highest BCUT2D eigenvalue weighted by Gasteiger charge is 2.31. The third-order valence-corrected chi connectivity index (χ3v) is 5.90. The van der Waals surface area contributed by atoms with Crippen molar-refractivity contribution in [3.63, 3.8) is 0 Å². The van der Waals surface area contributed by atoms with Crippen molar-refractivity contribution in [3.8, 4) is 22.9 Å². The summed E-state index contributed by atoms with van der Waals surface area (Å²) in [6.45, 7) is 1.82. The van der Waals surface area contributed by atoms with Gasteiger partial charge in [0.25, 0.3) is 5.56 Å². The number of hydrogen-bond acceptors (Lipinski definition) is 6. The highest BCUT2D eigenvalue weighted by atomic mass is 35.5. The number of nitrogens with two attached hydrogens (primary N) is 1. The Balaban J connectivity index is 1.72. The zero-order chi connectivity index (χ0) is 21.0. The van der Waals surface area contributed by atoms with E-state index in [1.807, 2.05) is 19.1 Å². The minimum atomic E-state index is -0.416. The molecule has 0 amide bonds. The highest BCUT2D eigenvalue weighted by molar-refractivity contribution is 6.35. The number of pyridine rings is 2. The normalized spacial score (nSPS) is 18.3. The summed E-state index contributed by atoms with van der Waals surface area (Å²) < 4.78 is 6.09. The Morgan fingerprint density at radius 1 is 1.33 bits per heavy atom. The van der Waals surface area contributed by atoms with Crippen LogP contribution in [0.4, 0.5) is 5.69 Å². The molecule has 150 valence electrons. The van der Waals surface area contributed by atoms with Crippen LogP contribution in [0.25, 0.3) is 33.1 Å². The average molecular weight is 421 g/mol. The maximum atomic E-state index is 12.5. The van der Waals surface area contributed by atoms with Gasteiger partial charge < -0.3 is 15.5 Å². The molecule has 1 aliphatic rings. The summed E-state index contributed by atoms with van der Waals surface area (Å²) in [6.07, 6.45) is 3.02. The lowest BCUT2D eigenvalue weighted by molar-refractivity contribution is 0.0883. The molecular formula is C21H17ClN6O2. The Bertz CT molecular complexity index is 1410. The number of anilines is 1. The van der Waals surface area contributed by atoms with Crippen molar-refractivity contribution in [2.24, 2.45) is 5.92 Å². The SMILES string of the molecule is Cc1nc2[nH]c(=O)c(N)c(-c3ccc(Cl)c4[nH]ncc34)c2cc1OC1CC(C#N)C1. The monoisotopic (exact) mass is 420 g/mol. The molecule has 3 aromatic heterocycles. The van der Waals surface area contributed by atoms with Gasteiger partial charge in [0.05, 0.1) is 34.4 Å². The van der Waals surface area contributed by atoms with Crippen molar-refractivity contribution < 1.29 is 4.74 Å². The van der Waals surface area contributed by atoms with Gasteiger partial charge in [0, 0.05) is 29.2 Å². The van der Waals surface area contributed by atoms with Gasteiger partial charge in [-0.1, -0.05) is 17.7 Å². The van der Waals surface area contributed by atoms with Crippen LogP contribution in [0.5, 0.6) is 5.75 Å². The second-order valence-corrected chi connectivity index (χ2v) is 7.91. The number of H-pyrrole nitrogens is 2. The summed E-state index contributed by atoms with van der Waals surface area (Å²) in [7, 11) is 0. The van der Waals surface area contributed by atoms with E-state index < -0.39 is 5.56 Å². The number of ether oxygens (including phenoxy) is 1. The summed E-state index contributed by atoms with van der Waals surface area (Å²) in [4.78, 5) is 19.8. The van der Waals surface area contributed by atoms with Gasteiger partial charge in [0.2, 0.25) is 0 Å². The van der Waals surface area contributed by atoms with Crippen LogP contribution < -0.4 is 16.0 Å². The number of aryl methyl sites for hydroxylation is 1. The zero-order valence-electron chi connectivity index (χ0n) is 16.0. The molecule has 4 aromatic rings. The topological polar surface area (TPSA) is 133 Å². The van der Waals surface area contributed by atoms with E-state index in [1.54, 1.807) is 12.3 Å². The first-order valence-corrected chi connectivity index (χ1v) is 9.85. The van der Waals surface area contributed by atoms with Crippen molar-refractivity contribution in [1.82, 2.24) is 20.2 Å². The summed E-state index contributed by atoms with van der Waals surface area (Å²) in [5.41, 5.74) is 8.91. The van der Waals surface area contributed by atoms with Gasteiger partial charge in [-0.25, -0.2) is 4.98 Å². The van der Waals surface area contributed by atoms with Crippen molar-refractivity contribution in [2.75, 3.05) is 5.73 Å². The Kier molecular flexibility index (Phi) is 4.15. The number of nitrogen functional groups attached to an aromatic ring is 1. The number of aromatic nitrogens is 4. The fourth-order valence-corrected chi connectivity index (χ4v) is 4.09. The molecule has 9 heteroatoms. The van der Waals surface area contributed by atoms with Gasteiger partial charge in [0.15, 0.2) is 0 Å². The molecule has 1 aliphatic carbocycles. The molecule has 1 aromatic carbocycles. The molecule has 0 atom stereocenters. The summed E-state index contributed by atoms with van der Waals surface area (Å²) >= 11 is 6.27. The van der Waals surface area contributed by atoms with Crippen LogP contribution in [-0.4, -0.2) is 26.3 Å². The maximum Gasteiger partial charge on any atom is 0.273 e. The van der Waals surface area contributed by atoms with E-state index in [1.165, 1.54) is 0 Å². The quantitative estimate of drug-likeness (QED) is 0.462. The van der Waals surface area contributed by atoms with E-state index in [2.05, 4.69) is 26.2 Å². The maximum absolute atomic E-state index is 12.5. The molecule has 1 fully saturated rings. The largest absolute Gasteiger partial charge is 0.488 e. The molecule has 0 saturated heterocycles. The van der Waals surface area contributed by atoms with Crippen LogP contribution in [0, 0.1) is 24.2 Å². The first-order chi connectivity index (χ1) is 14.5. The zero-order valence-corrected chi connectivity index (χ0v) is 16.7. The number of hydrogen-bond donors (Lipinski definition) is 3. The lowest BCUT2D eigenvalue weighted by Gasteiger charge is -2.31.